The fourth-order valence-electron chi connectivity index (χ4n) is 2.74. The quantitative estimate of drug-likeness (QED) is 0.765. The number of nitrogens with two attached hydrogens (primary N) is 2. The van der Waals surface area contributed by atoms with Gasteiger partial charge in [0.25, 0.3) is 5.91 Å². The zero-order valence-electron chi connectivity index (χ0n) is 13.2. The fraction of sp³-hybridized carbons (Fsp3) is 0.118. The first-order valence-corrected chi connectivity index (χ1v) is 7.61. The minimum Gasteiger partial charge on any atom is -0.384 e. The van der Waals surface area contributed by atoms with Gasteiger partial charge in [0.2, 0.25) is 0 Å². The highest BCUT2D eigenvalue weighted by atomic mass is 35.5. The maximum absolute atomic E-state index is 12.0. The normalized spacial score (nSPS) is 10.8. The summed E-state index contributed by atoms with van der Waals surface area (Å²) in [5.41, 5.74) is 15.4. The minimum atomic E-state index is -0.520. The lowest BCUT2D eigenvalue weighted by Gasteiger charge is -2.12. The van der Waals surface area contributed by atoms with Crippen molar-refractivity contribution in [2.45, 2.75) is 6.92 Å². The number of carbonyl (C=O) groups excluding carboxylic acids is 1. The SMILES string of the molecule is Cc1c(Cl)cccc1-c1c(C(N)=O)cc(-c2cc(N)ncn2)n1C. The van der Waals surface area contributed by atoms with Crippen molar-refractivity contribution < 1.29 is 4.79 Å². The van der Waals surface area contributed by atoms with E-state index < -0.39 is 5.91 Å². The Morgan fingerprint density at radius 2 is 2.00 bits per heavy atom. The summed E-state index contributed by atoms with van der Waals surface area (Å²) in [6, 6.07) is 8.90. The van der Waals surface area contributed by atoms with Gasteiger partial charge in [0.1, 0.15) is 12.1 Å². The van der Waals surface area contributed by atoms with Crippen molar-refractivity contribution in [3.8, 4) is 22.6 Å². The number of hydrogen-bond acceptors (Lipinski definition) is 4. The second-order valence-electron chi connectivity index (χ2n) is 5.46. The molecule has 122 valence electrons. The van der Waals surface area contributed by atoms with E-state index in [2.05, 4.69) is 9.97 Å². The molecule has 1 amide bonds. The summed E-state index contributed by atoms with van der Waals surface area (Å²) < 4.78 is 1.86. The third-order valence-electron chi connectivity index (χ3n) is 3.97. The van der Waals surface area contributed by atoms with Gasteiger partial charge in [-0.1, -0.05) is 23.7 Å². The maximum atomic E-state index is 12.0. The third kappa shape index (κ3) is 2.61. The first-order valence-electron chi connectivity index (χ1n) is 7.23. The Morgan fingerprint density at radius 1 is 1.25 bits per heavy atom. The van der Waals surface area contributed by atoms with E-state index in [1.165, 1.54) is 6.33 Å². The lowest BCUT2D eigenvalue weighted by molar-refractivity contribution is 0.100. The van der Waals surface area contributed by atoms with Crippen LogP contribution >= 0.6 is 11.6 Å². The number of anilines is 1. The Kier molecular flexibility index (Phi) is 3.99. The van der Waals surface area contributed by atoms with Gasteiger partial charge in [-0.15, -0.1) is 0 Å². The molecule has 0 saturated carbocycles. The van der Waals surface area contributed by atoms with Crippen molar-refractivity contribution in [3.05, 3.63) is 52.8 Å². The molecule has 0 atom stereocenters. The summed E-state index contributed by atoms with van der Waals surface area (Å²) >= 11 is 6.23. The highest BCUT2D eigenvalue weighted by Crippen LogP contribution is 2.35. The topological polar surface area (TPSA) is 99.8 Å². The van der Waals surface area contributed by atoms with Gasteiger partial charge in [-0.05, 0) is 24.6 Å². The number of rotatable bonds is 3. The summed E-state index contributed by atoms with van der Waals surface area (Å²) in [5, 5.41) is 0.622. The molecule has 7 heteroatoms. The third-order valence-corrected chi connectivity index (χ3v) is 4.38. The Hall–Kier alpha value is -2.86. The summed E-state index contributed by atoms with van der Waals surface area (Å²) in [6.45, 7) is 1.90. The molecule has 3 rings (SSSR count). The molecule has 0 radical (unpaired) electrons. The number of nitrogen functional groups attached to an aromatic ring is 1. The van der Waals surface area contributed by atoms with Crippen LogP contribution in [0, 0.1) is 6.92 Å². The number of primary amides is 1. The number of benzene rings is 1. The average molecular weight is 342 g/mol. The summed E-state index contributed by atoms with van der Waals surface area (Å²) in [7, 11) is 1.84. The molecule has 0 aliphatic rings. The van der Waals surface area contributed by atoms with Crippen LogP contribution in [0.4, 0.5) is 5.82 Å². The van der Waals surface area contributed by atoms with Crippen molar-refractivity contribution in [1.82, 2.24) is 14.5 Å². The van der Waals surface area contributed by atoms with Crippen molar-refractivity contribution in [1.29, 1.82) is 0 Å². The molecule has 0 unspecified atom stereocenters. The molecule has 0 fully saturated rings. The van der Waals surface area contributed by atoms with E-state index >= 15 is 0 Å². The van der Waals surface area contributed by atoms with E-state index in [1.807, 2.05) is 30.7 Å². The lowest BCUT2D eigenvalue weighted by atomic mass is 10.0. The second kappa shape index (κ2) is 5.98. The molecule has 4 N–H and O–H groups in total. The van der Waals surface area contributed by atoms with Gasteiger partial charge in [0, 0.05) is 23.7 Å². The maximum Gasteiger partial charge on any atom is 0.250 e. The molecule has 0 saturated heterocycles. The Morgan fingerprint density at radius 3 is 2.67 bits per heavy atom. The highest BCUT2D eigenvalue weighted by molar-refractivity contribution is 6.31. The Bertz CT molecular complexity index is 948. The van der Waals surface area contributed by atoms with Gasteiger partial charge >= 0.3 is 0 Å². The van der Waals surface area contributed by atoms with Crippen LogP contribution in [0.15, 0.2) is 36.7 Å². The average Bonchev–Trinajstić information content (AvgIpc) is 2.88. The molecule has 2 aromatic heterocycles. The minimum absolute atomic E-state index is 0.349. The van der Waals surface area contributed by atoms with Crippen LogP contribution in [0.25, 0.3) is 22.6 Å². The van der Waals surface area contributed by atoms with Crippen molar-refractivity contribution in [2.24, 2.45) is 12.8 Å². The molecular weight excluding hydrogens is 326 g/mol. The number of halogens is 1. The van der Waals surface area contributed by atoms with Crippen LogP contribution in [0.3, 0.4) is 0 Å². The van der Waals surface area contributed by atoms with Crippen molar-refractivity contribution in [2.75, 3.05) is 5.73 Å². The Labute approximate surface area is 144 Å². The van der Waals surface area contributed by atoms with E-state index in [4.69, 9.17) is 23.1 Å². The molecule has 0 bridgehead atoms. The predicted octanol–water partition coefficient (Wildman–Crippen LogP) is 2.79. The van der Waals surface area contributed by atoms with E-state index in [1.54, 1.807) is 18.2 Å². The molecule has 24 heavy (non-hydrogen) atoms. The molecule has 6 nitrogen and oxygen atoms in total. The Balaban J connectivity index is 2.30. The fourth-order valence-corrected chi connectivity index (χ4v) is 2.91. The van der Waals surface area contributed by atoms with Crippen LogP contribution in [-0.2, 0) is 7.05 Å². The van der Waals surface area contributed by atoms with Gasteiger partial charge in [0.15, 0.2) is 0 Å². The van der Waals surface area contributed by atoms with E-state index in [9.17, 15) is 4.79 Å². The van der Waals surface area contributed by atoms with E-state index in [0.717, 1.165) is 11.1 Å². The number of nitrogens with zero attached hydrogens (tertiary/aromatic N) is 3. The second-order valence-corrected chi connectivity index (χ2v) is 5.86. The van der Waals surface area contributed by atoms with Crippen molar-refractivity contribution in [3.63, 3.8) is 0 Å². The van der Waals surface area contributed by atoms with Gasteiger partial charge < -0.3 is 16.0 Å². The summed E-state index contributed by atoms with van der Waals surface area (Å²) in [5.74, 6) is -0.171. The van der Waals surface area contributed by atoms with E-state index in [-0.39, 0.29) is 0 Å². The van der Waals surface area contributed by atoms with E-state index in [0.29, 0.717) is 33.5 Å². The number of amides is 1. The van der Waals surface area contributed by atoms with Crippen LogP contribution in [0.5, 0.6) is 0 Å². The predicted molar refractivity (Wildman–Crippen MR) is 94.6 cm³/mol. The molecule has 2 heterocycles. The number of aromatic nitrogens is 3. The number of hydrogen-bond donors (Lipinski definition) is 2. The summed E-state index contributed by atoms with van der Waals surface area (Å²) in [6.07, 6.45) is 1.38. The molecule has 3 aromatic rings. The zero-order valence-corrected chi connectivity index (χ0v) is 14.0. The number of carbonyl (C=O) groups is 1. The highest BCUT2D eigenvalue weighted by Gasteiger charge is 2.21. The standard InChI is InChI=1S/C17H16ClN5O/c1-9-10(4-3-5-12(9)18)16-11(17(20)24)6-14(23(16)2)13-7-15(19)22-8-21-13/h3-8H,1-2H3,(H2,20,24)(H2,19,21,22). The smallest absolute Gasteiger partial charge is 0.250 e. The van der Waals surface area contributed by atoms with Gasteiger partial charge in [-0.3, -0.25) is 4.79 Å². The lowest BCUT2D eigenvalue weighted by Crippen LogP contribution is -2.12. The van der Waals surface area contributed by atoms with Gasteiger partial charge in [-0.25, -0.2) is 9.97 Å². The molecular formula is C17H16ClN5O. The monoisotopic (exact) mass is 341 g/mol. The molecule has 0 aliphatic heterocycles. The molecule has 0 spiro atoms. The van der Waals surface area contributed by atoms with Crippen molar-refractivity contribution >= 4 is 23.3 Å². The summed E-state index contributed by atoms with van der Waals surface area (Å²) in [4.78, 5) is 20.1. The first kappa shape index (κ1) is 16.0. The van der Waals surface area contributed by atoms with Crippen LogP contribution in [0.1, 0.15) is 15.9 Å². The van der Waals surface area contributed by atoms with Crippen LogP contribution < -0.4 is 11.5 Å². The molecule has 0 aliphatic carbocycles. The first-order chi connectivity index (χ1) is 11.4. The van der Waals surface area contributed by atoms with Gasteiger partial charge in [-0.2, -0.15) is 0 Å². The van der Waals surface area contributed by atoms with Crippen LogP contribution in [0.2, 0.25) is 5.02 Å². The van der Waals surface area contributed by atoms with Crippen LogP contribution in [-0.4, -0.2) is 20.4 Å². The molecule has 1 aromatic carbocycles. The van der Waals surface area contributed by atoms with Gasteiger partial charge in [0.05, 0.1) is 22.6 Å². The largest absolute Gasteiger partial charge is 0.384 e. The zero-order chi connectivity index (χ0) is 17.4.